The molecule has 1 aromatic carbocycles. The number of hydrogen-bond donors (Lipinski definition) is 3. The zero-order valence-electron chi connectivity index (χ0n) is 18.0. The quantitative estimate of drug-likeness (QED) is 0.481. The molecule has 1 heterocycles. The first-order chi connectivity index (χ1) is 13.2. The highest BCUT2D eigenvalue weighted by molar-refractivity contribution is 5.79. The van der Waals surface area contributed by atoms with E-state index in [-0.39, 0.29) is 0 Å². The van der Waals surface area contributed by atoms with Gasteiger partial charge in [0.25, 0.3) is 0 Å². The lowest BCUT2D eigenvalue weighted by Gasteiger charge is -2.24. The van der Waals surface area contributed by atoms with Crippen LogP contribution in [-0.4, -0.2) is 43.2 Å². The van der Waals surface area contributed by atoms with Gasteiger partial charge in [0.2, 0.25) is 0 Å². The Kier molecular flexibility index (Phi) is 7.66. The molecule has 154 valence electrons. The van der Waals surface area contributed by atoms with Gasteiger partial charge in [0.1, 0.15) is 17.1 Å². The molecule has 0 aliphatic rings. The number of aliphatic hydroxyl groups is 1. The van der Waals surface area contributed by atoms with Gasteiger partial charge in [0, 0.05) is 18.7 Å². The summed E-state index contributed by atoms with van der Waals surface area (Å²) in [6.07, 6.45) is 0. The van der Waals surface area contributed by atoms with Crippen molar-refractivity contribution < 1.29 is 9.52 Å². The fourth-order valence-electron chi connectivity index (χ4n) is 3.23. The van der Waals surface area contributed by atoms with Crippen LogP contribution in [0.15, 0.2) is 39.7 Å². The Hall–Kier alpha value is -2.31. The smallest absolute Gasteiger partial charge is 0.191 e. The fourth-order valence-corrected chi connectivity index (χ4v) is 3.23. The lowest BCUT2D eigenvalue weighted by molar-refractivity contribution is 0.0601. The summed E-state index contributed by atoms with van der Waals surface area (Å²) in [7, 11) is 4.13. The second kappa shape index (κ2) is 9.75. The topological polar surface area (TPSA) is 73.0 Å². The summed E-state index contributed by atoms with van der Waals surface area (Å²) in [5, 5.41) is 17.4. The highest BCUT2D eigenvalue weighted by Gasteiger charge is 2.27. The van der Waals surface area contributed by atoms with Crippen molar-refractivity contribution in [3.05, 3.63) is 58.5 Å². The molecular weight excluding hydrogens is 352 g/mol. The van der Waals surface area contributed by atoms with Gasteiger partial charge in [-0.3, -0.25) is 0 Å². The second-order valence-corrected chi connectivity index (χ2v) is 7.66. The largest absolute Gasteiger partial charge is 0.466 e. The molecule has 2 aromatic rings. The molecule has 0 aliphatic heterocycles. The van der Waals surface area contributed by atoms with Crippen LogP contribution in [0.4, 0.5) is 0 Å². The number of furan rings is 1. The minimum atomic E-state index is -1.05. The van der Waals surface area contributed by atoms with Gasteiger partial charge in [-0.2, -0.15) is 0 Å². The van der Waals surface area contributed by atoms with E-state index < -0.39 is 5.60 Å². The van der Waals surface area contributed by atoms with Crippen molar-refractivity contribution in [1.82, 2.24) is 15.5 Å². The first kappa shape index (κ1) is 22.0. The van der Waals surface area contributed by atoms with Crippen molar-refractivity contribution in [2.24, 2.45) is 4.99 Å². The van der Waals surface area contributed by atoms with Gasteiger partial charge in [0.15, 0.2) is 5.96 Å². The molecule has 6 heteroatoms. The van der Waals surface area contributed by atoms with Crippen LogP contribution in [0.25, 0.3) is 0 Å². The minimum Gasteiger partial charge on any atom is -0.466 e. The molecule has 1 atom stereocenters. The first-order valence-corrected chi connectivity index (χ1v) is 9.76. The Labute approximate surface area is 168 Å². The number of nitrogens with one attached hydrogen (secondary N) is 2. The van der Waals surface area contributed by atoms with Crippen molar-refractivity contribution in [2.45, 2.75) is 46.4 Å². The van der Waals surface area contributed by atoms with E-state index in [0.717, 1.165) is 30.2 Å². The molecule has 3 N–H and O–H groups in total. The van der Waals surface area contributed by atoms with E-state index in [1.54, 1.807) is 6.92 Å². The summed E-state index contributed by atoms with van der Waals surface area (Å²) in [6.45, 7) is 10.1. The summed E-state index contributed by atoms with van der Waals surface area (Å²) >= 11 is 0. The summed E-state index contributed by atoms with van der Waals surface area (Å²) in [4.78, 5) is 6.87. The Morgan fingerprint density at radius 1 is 1.18 bits per heavy atom. The number of aliphatic imine (C=N–C) groups is 1. The Balaban J connectivity index is 2.10. The van der Waals surface area contributed by atoms with Gasteiger partial charge < -0.3 is 25.1 Å². The Morgan fingerprint density at radius 2 is 1.86 bits per heavy atom. The van der Waals surface area contributed by atoms with Crippen LogP contribution in [-0.2, 0) is 18.7 Å². The number of hydrogen-bond acceptors (Lipinski definition) is 4. The Bertz CT molecular complexity index is 794. The third-order valence-electron chi connectivity index (χ3n) is 4.58. The summed E-state index contributed by atoms with van der Waals surface area (Å²) < 4.78 is 5.57. The monoisotopic (exact) mass is 386 g/mol. The van der Waals surface area contributed by atoms with Crippen molar-refractivity contribution in [3.8, 4) is 0 Å². The molecule has 0 fully saturated rings. The van der Waals surface area contributed by atoms with Gasteiger partial charge in [-0.15, -0.1) is 0 Å². The van der Waals surface area contributed by atoms with E-state index in [1.165, 1.54) is 11.1 Å². The molecule has 0 saturated carbocycles. The molecule has 0 saturated heterocycles. The number of rotatable bonds is 8. The van der Waals surface area contributed by atoms with Crippen molar-refractivity contribution in [2.75, 3.05) is 27.2 Å². The SMILES string of the molecule is CCNC(=NCc1ccccc1CN(C)C)NCC(C)(O)c1cc(C)oc1C. The molecule has 0 bridgehead atoms. The standard InChI is InChI=1S/C22H34N4O2/c1-7-23-21(24-13-18-10-8-9-11-19(18)14-26(5)6)25-15-22(4,27)20-12-16(2)28-17(20)3/h8-12,27H,7,13-15H2,1-6H3,(H2,23,24,25). The third kappa shape index (κ3) is 6.11. The molecule has 0 aliphatic carbocycles. The van der Waals surface area contributed by atoms with Crippen molar-refractivity contribution in [1.29, 1.82) is 0 Å². The highest BCUT2D eigenvalue weighted by Crippen LogP contribution is 2.26. The average molecular weight is 387 g/mol. The predicted octanol–water partition coefficient (Wildman–Crippen LogP) is 2.92. The number of aryl methyl sites for hydroxylation is 2. The molecule has 0 spiro atoms. The lowest BCUT2D eigenvalue weighted by atomic mass is 9.96. The van der Waals surface area contributed by atoms with Gasteiger partial charge in [-0.25, -0.2) is 4.99 Å². The number of nitrogens with zero attached hydrogens (tertiary/aromatic N) is 2. The molecular formula is C22H34N4O2. The third-order valence-corrected chi connectivity index (χ3v) is 4.58. The van der Waals surface area contributed by atoms with Gasteiger partial charge in [-0.1, -0.05) is 24.3 Å². The molecule has 1 unspecified atom stereocenters. The van der Waals surface area contributed by atoms with E-state index in [4.69, 9.17) is 9.41 Å². The van der Waals surface area contributed by atoms with Crippen LogP contribution in [0.5, 0.6) is 0 Å². The van der Waals surface area contributed by atoms with Crippen LogP contribution in [0.3, 0.4) is 0 Å². The maximum atomic E-state index is 10.9. The predicted molar refractivity (Wildman–Crippen MR) is 114 cm³/mol. The van der Waals surface area contributed by atoms with Crippen LogP contribution in [0.1, 0.15) is 42.1 Å². The zero-order valence-corrected chi connectivity index (χ0v) is 18.0. The minimum absolute atomic E-state index is 0.331. The maximum absolute atomic E-state index is 10.9. The van der Waals surface area contributed by atoms with Gasteiger partial charge >= 0.3 is 0 Å². The highest BCUT2D eigenvalue weighted by atomic mass is 16.3. The zero-order chi connectivity index (χ0) is 20.7. The summed E-state index contributed by atoms with van der Waals surface area (Å²) in [6, 6.07) is 10.2. The van der Waals surface area contributed by atoms with Crippen LogP contribution < -0.4 is 10.6 Å². The maximum Gasteiger partial charge on any atom is 0.191 e. The molecule has 2 rings (SSSR count). The van der Waals surface area contributed by atoms with Crippen molar-refractivity contribution >= 4 is 5.96 Å². The van der Waals surface area contributed by atoms with Crippen LogP contribution in [0.2, 0.25) is 0 Å². The van der Waals surface area contributed by atoms with E-state index in [0.29, 0.717) is 19.0 Å². The molecule has 0 amide bonds. The van der Waals surface area contributed by atoms with E-state index in [2.05, 4.69) is 47.8 Å². The summed E-state index contributed by atoms with van der Waals surface area (Å²) in [5.74, 6) is 2.22. The number of guanidine groups is 1. The van der Waals surface area contributed by atoms with Crippen molar-refractivity contribution in [3.63, 3.8) is 0 Å². The van der Waals surface area contributed by atoms with E-state index >= 15 is 0 Å². The molecule has 0 radical (unpaired) electrons. The van der Waals surface area contributed by atoms with Crippen LogP contribution in [0, 0.1) is 13.8 Å². The number of benzene rings is 1. The Morgan fingerprint density at radius 3 is 2.43 bits per heavy atom. The van der Waals surface area contributed by atoms with Gasteiger partial charge in [0.05, 0.1) is 13.1 Å². The summed E-state index contributed by atoms with van der Waals surface area (Å²) in [5.41, 5.74) is 2.20. The molecule has 6 nitrogen and oxygen atoms in total. The lowest BCUT2D eigenvalue weighted by Crippen LogP contribution is -2.44. The first-order valence-electron chi connectivity index (χ1n) is 9.76. The molecule has 1 aromatic heterocycles. The van der Waals surface area contributed by atoms with Crippen LogP contribution >= 0.6 is 0 Å². The average Bonchev–Trinajstić information content (AvgIpc) is 2.97. The van der Waals surface area contributed by atoms with Gasteiger partial charge in [-0.05, 0) is 59.0 Å². The fraction of sp³-hybridized carbons (Fsp3) is 0.500. The molecule has 28 heavy (non-hydrogen) atoms. The normalized spacial score (nSPS) is 14.2. The van der Waals surface area contributed by atoms with E-state index in [9.17, 15) is 5.11 Å². The second-order valence-electron chi connectivity index (χ2n) is 7.66. The van der Waals surface area contributed by atoms with E-state index in [1.807, 2.05) is 32.9 Å².